The van der Waals surface area contributed by atoms with Gasteiger partial charge in [0.25, 0.3) is 5.91 Å². The van der Waals surface area contributed by atoms with Gasteiger partial charge in [0.2, 0.25) is 0 Å². The van der Waals surface area contributed by atoms with Crippen LogP contribution < -0.4 is 10.6 Å². The fourth-order valence-electron chi connectivity index (χ4n) is 3.84. The molecule has 2 aromatic rings. The van der Waals surface area contributed by atoms with E-state index in [2.05, 4.69) is 54.3 Å². The molecule has 1 aliphatic heterocycles. The number of fused-ring (bicyclic) bond motifs is 1. The maximum atomic E-state index is 12.8. The highest BCUT2D eigenvalue weighted by Crippen LogP contribution is 2.45. The number of halogens is 1. The Morgan fingerprint density at radius 2 is 2.00 bits per heavy atom. The van der Waals surface area contributed by atoms with Crippen molar-refractivity contribution in [2.45, 2.75) is 52.1 Å². The molecule has 1 aromatic carbocycles. The first-order valence-corrected chi connectivity index (χ1v) is 10.8. The summed E-state index contributed by atoms with van der Waals surface area (Å²) in [5.41, 5.74) is 1.47. The number of carbonyl (C=O) groups is 2. The van der Waals surface area contributed by atoms with Crippen molar-refractivity contribution in [3.63, 3.8) is 0 Å². The van der Waals surface area contributed by atoms with Gasteiger partial charge < -0.3 is 15.4 Å². The Labute approximate surface area is 178 Å². The van der Waals surface area contributed by atoms with E-state index in [1.807, 2.05) is 6.07 Å². The van der Waals surface area contributed by atoms with E-state index < -0.39 is 5.97 Å². The lowest BCUT2D eigenvalue weighted by molar-refractivity contribution is 0.0526. The van der Waals surface area contributed by atoms with Crippen LogP contribution in [0.3, 0.4) is 0 Å². The zero-order chi connectivity index (χ0) is 20.7. The van der Waals surface area contributed by atoms with Crippen LogP contribution in [0.15, 0.2) is 28.7 Å². The van der Waals surface area contributed by atoms with Crippen molar-refractivity contribution in [2.24, 2.45) is 0 Å². The molecule has 0 fully saturated rings. The molecule has 1 aliphatic rings. The van der Waals surface area contributed by atoms with Gasteiger partial charge in [-0.15, -0.1) is 11.3 Å². The zero-order valence-electron chi connectivity index (χ0n) is 16.7. The number of nitrogens with one attached hydrogen (secondary N) is 2. The molecule has 150 valence electrons. The molecule has 0 spiro atoms. The van der Waals surface area contributed by atoms with Gasteiger partial charge in [-0.05, 0) is 64.8 Å². The van der Waals surface area contributed by atoms with Crippen molar-refractivity contribution < 1.29 is 14.3 Å². The van der Waals surface area contributed by atoms with Crippen molar-refractivity contribution in [3.8, 4) is 0 Å². The van der Waals surface area contributed by atoms with E-state index >= 15 is 0 Å². The van der Waals surface area contributed by atoms with Crippen LogP contribution in [-0.4, -0.2) is 24.0 Å². The minimum Gasteiger partial charge on any atom is -0.462 e. The maximum Gasteiger partial charge on any atom is 0.341 e. The minimum atomic E-state index is -0.391. The summed E-state index contributed by atoms with van der Waals surface area (Å²) in [6.07, 6.45) is 0.684. The van der Waals surface area contributed by atoms with Crippen LogP contribution in [0.5, 0.6) is 0 Å². The highest BCUT2D eigenvalue weighted by Gasteiger charge is 2.42. The molecule has 2 N–H and O–H groups in total. The third-order valence-electron chi connectivity index (χ3n) is 4.64. The highest BCUT2D eigenvalue weighted by atomic mass is 79.9. The maximum absolute atomic E-state index is 12.8. The molecule has 7 heteroatoms. The number of esters is 1. The van der Waals surface area contributed by atoms with Crippen LogP contribution in [0.4, 0.5) is 5.00 Å². The normalized spacial score (nSPS) is 16.9. The smallest absolute Gasteiger partial charge is 0.341 e. The van der Waals surface area contributed by atoms with Gasteiger partial charge >= 0.3 is 5.97 Å². The number of hydrogen-bond acceptors (Lipinski definition) is 5. The molecule has 0 atom stereocenters. The van der Waals surface area contributed by atoms with Crippen LogP contribution >= 0.6 is 27.3 Å². The van der Waals surface area contributed by atoms with Crippen LogP contribution in [0.25, 0.3) is 0 Å². The molecule has 0 radical (unpaired) electrons. The van der Waals surface area contributed by atoms with Gasteiger partial charge in [-0.25, -0.2) is 4.79 Å². The third kappa shape index (κ3) is 4.16. The lowest BCUT2D eigenvalue weighted by Crippen LogP contribution is -2.55. The van der Waals surface area contributed by atoms with Crippen LogP contribution in [0.2, 0.25) is 0 Å². The van der Waals surface area contributed by atoms with Gasteiger partial charge in [0, 0.05) is 26.0 Å². The van der Waals surface area contributed by atoms with E-state index in [0.29, 0.717) is 22.5 Å². The molecule has 0 bridgehead atoms. The predicted molar refractivity (Wildman–Crippen MR) is 116 cm³/mol. The largest absolute Gasteiger partial charge is 0.462 e. The fraction of sp³-hybridized carbons (Fsp3) is 0.429. The average Bonchev–Trinajstić information content (AvgIpc) is 2.92. The van der Waals surface area contributed by atoms with Crippen molar-refractivity contribution in [1.29, 1.82) is 0 Å². The topological polar surface area (TPSA) is 67.4 Å². The second-order valence-electron chi connectivity index (χ2n) is 8.11. The first kappa shape index (κ1) is 21.0. The fourth-order valence-corrected chi connectivity index (χ4v) is 5.50. The molecule has 1 amide bonds. The van der Waals surface area contributed by atoms with E-state index in [1.54, 1.807) is 25.1 Å². The molecule has 28 heavy (non-hydrogen) atoms. The lowest BCUT2D eigenvalue weighted by Gasteiger charge is -2.42. The molecule has 0 unspecified atom stereocenters. The lowest BCUT2D eigenvalue weighted by atomic mass is 9.81. The van der Waals surface area contributed by atoms with Crippen molar-refractivity contribution in [3.05, 3.63) is 50.3 Å². The number of ether oxygens (including phenoxy) is 1. The van der Waals surface area contributed by atoms with Gasteiger partial charge in [-0.1, -0.05) is 22.0 Å². The summed E-state index contributed by atoms with van der Waals surface area (Å²) < 4.78 is 6.15. The number of hydrogen-bond donors (Lipinski definition) is 2. The number of anilines is 1. The van der Waals surface area contributed by atoms with Crippen LogP contribution in [0, 0.1) is 0 Å². The molecule has 1 aromatic heterocycles. The average molecular weight is 465 g/mol. The first-order chi connectivity index (χ1) is 13.0. The number of benzene rings is 1. The van der Waals surface area contributed by atoms with Crippen molar-refractivity contribution in [2.75, 3.05) is 11.9 Å². The van der Waals surface area contributed by atoms with Gasteiger partial charge in [0.15, 0.2) is 0 Å². The van der Waals surface area contributed by atoms with E-state index in [4.69, 9.17) is 4.74 Å². The Balaban J connectivity index is 2.07. The number of amides is 1. The summed E-state index contributed by atoms with van der Waals surface area (Å²) in [5.74, 6) is -0.645. The number of thiophene rings is 1. The predicted octanol–water partition coefficient (Wildman–Crippen LogP) is 5.10. The summed E-state index contributed by atoms with van der Waals surface area (Å²) in [6.45, 7) is 10.5. The second kappa shape index (κ2) is 7.61. The summed E-state index contributed by atoms with van der Waals surface area (Å²) in [4.78, 5) is 26.7. The number of rotatable bonds is 4. The Morgan fingerprint density at radius 1 is 1.29 bits per heavy atom. The molecular weight excluding hydrogens is 440 g/mol. The highest BCUT2D eigenvalue weighted by molar-refractivity contribution is 9.10. The molecule has 0 saturated heterocycles. The Kier molecular flexibility index (Phi) is 5.71. The molecular formula is C21H25BrN2O3S. The monoisotopic (exact) mass is 464 g/mol. The summed E-state index contributed by atoms with van der Waals surface area (Å²) in [7, 11) is 0. The molecule has 2 heterocycles. The van der Waals surface area contributed by atoms with Gasteiger partial charge in [0.05, 0.1) is 12.2 Å². The van der Waals surface area contributed by atoms with Gasteiger partial charge in [-0.3, -0.25) is 4.79 Å². The Morgan fingerprint density at radius 3 is 2.64 bits per heavy atom. The quantitative estimate of drug-likeness (QED) is 0.617. The standard InChI is InChI=1S/C21H25BrN2O3S/c1-6-27-19(26)15-14-11-20(2,3)24-21(4,5)16(14)28-18(15)23-17(25)12-8-7-9-13(22)10-12/h7-10,24H,6,11H2,1-5H3,(H,23,25). The SMILES string of the molecule is CCOC(=O)c1c(NC(=O)c2cccc(Br)c2)sc2c1CC(C)(C)NC2(C)C. The molecule has 0 saturated carbocycles. The van der Waals surface area contributed by atoms with E-state index in [0.717, 1.165) is 14.9 Å². The summed E-state index contributed by atoms with van der Waals surface area (Å²) >= 11 is 4.83. The van der Waals surface area contributed by atoms with E-state index in [1.165, 1.54) is 11.3 Å². The van der Waals surface area contributed by atoms with Gasteiger partial charge in [-0.2, -0.15) is 0 Å². The molecule has 5 nitrogen and oxygen atoms in total. The van der Waals surface area contributed by atoms with Gasteiger partial charge in [0.1, 0.15) is 5.00 Å². The van der Waals surface area contributed by atoms with E-state index in [9.17, 15) is 9.59 Å². The third-order valence-corrected chi connectivity index (χ3v) is 6.60. The molecule has 0 aliphatic carbocycles. The zero-order valence-corrected chi connectivity index (χ0v) is 19.1. The summed E-state index contributed by atoms with van der Waals surface area (Å²) in [6, 6.07) is 7.16. The van der Waals surface area contributed by atoms with Crippen LogP contribution in [0.1, 0.15) is 65.8 Å². The molecule has 3 rings (SSSR count). The summed E-state index contributed by atoms with van der Waals surface area (Å²) in [5, 5.41) is 7.12. The van der Waals surface area contributed by atoms with Crippen molar-refractivity contribution in [1.82, 2.24) is 5.32 Å². The second-order valence-corrected chi connectivity index (χ2v) is 10.0. The van der Waals surface area contributed by atoms with E-state index in [-0.39, 0.29) is 23.6 Å². The first-order valence-electron chi connectivity index (χ1n) is 9.23. The Bertz CT molecular complexity index is 934. The van der Waals surface area contributed by atoms with Crippen molar-refractivity contribution >= 4 is 44.1 Å². The Hall–Kier alpha value is -1.70. The number of carbonyl (C=O) groups excluding carboxylic acids is 2. The van der Waals surface area contributed by atoms with Crippen LogP contribution in [-0.2, 0) is 16.7 Å². The minimum absolute atomic E-state index is 0.176.